The standard InChI is InChI=1S/C14H14N2O2/c1-3-7-18-14-12(8-11(9-15)10-16)5-4-6-13(14)17-2/h4-6,8H,3,7H2,1-2H3. The van der Waals surface area contributed by atoms with Gasteiger partial charge in [0.2, 0.25) is 0 Å². The number of benzene rings is 1. The van der Waals surface area contributed by atoms with Crippen molar-refractivity contribution in [2.45, 2.75) is 13.3 Å². The van der Waals surface area contributed by atoms with Crippen LogP contribution in [0.15, 0.2) is 23.8 Å². The van der Waals surface area contributed by atoms with E-state index in [0.717, 1.165) is 6.42 Å². The van der Waals surface area contributed by atoms with Gasteiger partial charge in [-0.2, -0.15) is 10.5 Å². The third-order valence-corrected chi connectivity index (χ3v) is 2.22. The predicted octanol–water partition coefficient (Wildman–Crippen LogP) is 2.91. The van der Waals surface area contributed by atoms with Crippen LogP contribution >= 0.6 is 0 Å². The Labute approximate surface area is 107 Å². The molecule has 0 bridgehead atoms. The third kappa shape index (κ3) is 3.26. The first-order valence-corrected chi connectivity index (χ1v) is 5.58. The molecule has 0 unspecified atom stereocenters. The van der Waals surface area contributed by atoms with Crippen LogP contribution < -0.4 is 9.47 Å². The molecule has 0 radical (unpaired) electrons. The Balaban J connectivity index is 3.23. The molecule has 0 saturated heterocycles. The molecule has 0 aliphatic heterocycles. The van der Waals surface area contributed by atoms with Crippen LogP contribution in [0.3, 0.4) is 0 Å². The van der Waals surface area contributed by atoms with Crippen LogP contribution in [0, 0.1) is 22.7 Å². The van der Waals surface area contributed by atoms with E-state index < -0.39 is 0 Å². The minimum Gasteiger partial charge on any atom is -0.493 e. The van der Waals surface area contributed by atoms with Crippen LogP contribution in [0.1, 0.15) is 18.9 Å². The van der Waals surface area contributed by atoms with E-state index in [4.69, 9.17) is 20.0 Å². The largest absolute Gasteiger partial charge is 0.493 e. The lowest BCUT2D eigenvalue weighted by Gasteiger charge is -2.12. The molecule has 0 amide bonds. The summed E-state index contributed by atoms with van der Waals surface area (Å²) in [5.41, 5.74) is 0.700. The zero-order chi connectivity index (χ0) is 13.4. The molecule has 0 aromatic heterocycles. The Bertz CT molecular complexity index is 506. The molecule has 1 aromatic carbocycles. The fourth-order valence-corrected chi connectivity index (χ4v) is 1.41. The normalized spacial score (nSPS) is 8.89. The van der Waals surface area contributed by atoms with Crippen molar-refractivity contribution < 1.29 is 9.47 Å². The van der Waals surface area contributed by atoms with Crippen molar-refractivity contribution in [2.24, 2.45) is 0 Å². The van der Waals surface area contributed by atoms with Crippen LogP contribution in [-0.2, 0) is 0 Å². The molecule has 0 atom stereocenters. The lowest BCUT2D eigenvalue weighted by Crippen LogP contribution is -1.99. The minimum atomic E-state index is 0.0320. The highest BCUT2D eigenvalue weighted by Gasteiger charge is 2.09. The molecule has 4 heteroatoms. The highest BCUT2D eigenvalue weighted by atomic mass is 16.5. The maximum Gasteiger partial charge on any atom is 0.168 e. The Kier molecular flexibility index (Phi) is 5.28. The van der Waals surface area contributed by atoms with E-state index in [-0.39, 0.29) is 5.57 Å². The summed E-state index contributed by atoms with van der Waals surface area (Å²) < 4.78 is 10.8. The molecule has 0 saturated carbocycles. The number of nitrogens with zero attached hydrogens (tertiary/aromatic N) is 2. The van der Waals surface area contributed by atoms with Gasteiger partial charge in [0.25, 0.3) is 0 Å². The summed E-state index contributed by atoms with van der Waals surface area (Å²) in [4.78, 5) is 0. The van der Waals surface area contributed by atoms with Crippen LogP contribution in [0.5, 0.6) is 11.5 Å². The molecular formula is C14H14N2O2. The van der Waals surface area contributed by atoms with Gasteiger partial charge in [-0.1, -0.05) is 19.1 Å². The van der Waals surface area contributed by atoms with Crippen LogP contribution in [0.25, 0.3) is 6.08 Å². The number of rotatable bonds is 5. The number of hydrogen-bond acceptors (Lipinski definition) is 4. The monoisotopic (exact) mass is 242 g/mol. The molecule has 4 nitrogen and oxygen atoms in total. The molecule has 0 aliphatic carbocycles. The smallest absolute Gasteiger partial charge is 0.168 e. The Morgan fingerprint density at radius 3 is 2.61 bits per heavy atom. The van der Waals surface area contributed by atoms with Gasteiger partial charge in [-0.25, -0.2) is 0 Å². The second-order valence-electron chi connectivity index (χ2n) is 3.51. The van der Waals surface area contributed by atoms with Gasteiger partial charge in [-0.05, 0) is 18.6 Å². The van der Waals surface area contributed by atoms with Gasteiger partial charge in [-0.15, -0.1) is 0 Å². The number of ether oxygens (including phenoxy) is 2. The molecule has 1 aromatic rings. The SMILES string of the molecule is CCCOc1c(C=C(C#N)C#N)cccc1OC. The fraction of sp³-hybridized carbons (Fsp3) is 0.286. The summed E-state index contributed by atoms with van der Waals surface area (Å²) in [7, 11) is 1.55. The first-order chi connectivity index (χ1) is 8.76. The van der Waals surface area contributed by atoms with Gasteiger partial charge in [-0.3, -0.25) is 0 Å². The maximum atomic E-state index is 8.77. The van der Waals surface area contributed by atoms with Crippen molar-refractivity contribution in [1.82, 2.24) is 0 Å². The lowest BCUT2D eigenvalue weighted by molar-refractivity contribution is 0.293. The fourth-order valence-electron chi connectivity index (χ4n) is 1.41. The first kappa shape index (κ1) is 13.6. The minimum absolute atomic E-state index is 0.0320. The van der Waals surface area contributed by atoms with Crippen LogP contribution in [0.4, 0.5) is 0 Å². The number of para-hydroxylation sites is 1. The van der Waals surface area contributed by atoms with Crippen molar-refractivity contribution in [3.8, 4) is 23.6 Å². The number of hydrogen-bond donors (Lipinski definition) is 0. The Morgan fingerprint density at radius 2 is 2.06 bits per heavy atom. The molecule has 0 heterocycles. The number of methoxy groups -OCH3 is 1. The second-order valence-corrected chi connectivity index (χ2v) is 3.51. The molecule has 1 rings (SSSR count). The van der Waals surface area contributed by atoms with E-state index in [9.17, 15) is 0 Å². The highest BCUT2D eigenvalue weighted by molar-refractivity contribution is 5.68. The molecular weight excluding hydrogens is 228 g/mol. The van der Waals surface area contributed by atoms with Crippen molar-refractivity contribution in [2.75, 3.05) is 13.7 Å². The topological polar surface area (TPSA) is 66.0 Å². The molecule has 18 heavy (non-hydrogen) atoms. The van der Waals surface area contributed by atoms with Gasteiger partial charge in [0.05, 0.1) is 13.7 Å². The molecule has 0 fully saturated rings. The van der Waals surface area contributed by atoms with Gasteiger partial charge in [0.1, 0.15) is 17.7 Å². The van der Waals surface area contributed by atoms with Crippen LogP contribution in [-0.4, -0.2) is 13.7 Å². The average Bonchev–Trinajstić information content (AvgIpc) is 2.42. The summed E-state index contributed by atoms with van der Waals surface area (Å²) in [6.45, 7) is 2.55. The first-order valence-electron chi connectivity index (χ1n) is 5.58. The predicted molar refractivity (Wildman–Crippen MR) is 68.0 cm³/mol. The molecule has 0 N–H and O–H groups in total. The second kappa shape index (κ2) is 6.98. The summed E-state index contributed by atoms with van der Waals surface area (Å²) in [5, 5.41) is 17.5. The van der Waals surface area contributed by atoms with Gasteiger partial charge in [0, 0.05) is 5.56 Å². The van der Waals surface area contributed by atoms with Gasteiger partial charge < -0.3 is 9.47 Å². The zero-order valence-electron chi connectivity index (χ0n) is 10.4. The third-order valence-electron chi connectivity index (χ3n) is 2.22. The van der Waals surface area contributed by atoms with E-state index in [1.165, 1.54) is 6.08 Å². The average molecular weight is 242 g/mol. The van der Waals surface area contributed by atoms with E-state index in [2.05, 4.69) is 0 Å². The summed E-state index contributed by atoms with van der Waals surface area (Å²) >= 11 is 0. The summed E-state index contributed by atoms with van der Waals surface area (Å²) in [5.74, 6) is 1.15. The molecule has 92 valence electrons. The molecule has 0 spiro atoms. The van der Waals surface area contributed by atoms with Crippen molar-refractivity contribution in [1.29, 1.82) is 10.5 Å². The summed E-state index contributed by atoms with van der Waals surface area (Å²) in [6, 6.07) is 9.00. The Hall–Kier alpha value is -2.46. The maximum absolute atomic E-state index is 8.77. The van der Waals surface area contributed by atoms with E-state index in [0.29, 0.717) is 23.7 Å². The van der Waals surface area contributed by atoms with E-state index in [1.807, 2.05) is 19.1 Å². The van der Waals surface area contributed by atoms with Crippen molar-refractivity contribution >= 4 is 6.08 Å². The van der Waals surface area contributed by atoms with Gasteiger partial charge in [0.15, 0.2) is 11.5 Å². The molecule has 0 aliphatic rings. The van der Waals surface area contributed by atoms with E-state index in [1.54, 1.807) is 25.3 Å². The Morgan fingerprint density at radius 1 is 1.33 bits per heavy atom. The number of allylic oxidation sites excluding steroid dienone is 1. The van der Waals surface area contributed by atoms with Crippen molar-refractivity contribution in [3.05, 3.63) is 29.3 Å². The van der Waals surface area contributed by atoms with E-state index >= 15 is 0 Å². The quantitative estimate of drug-likeness (QED) is 0.744. The van der Waals surface area contributed by atoms with Gasteiger partial charge >= 0.3 is 0 Å². The van der Waals surface area contributed by atoms with Crippen LogP contribution in [0.2, 0.25) is 0 Å². The zero-order valence-corrected chi connectivity index (χ0v) is 10.4. The van der Waals surface area contributed by atoms with Crippen molar-refractivity contribution in [3.63, 3.8) is 0 Å². The lowest BCUT2D eigenvalue weighted by atomic mass is 10.1. The number of nitriles is 2. The highest BCUT2D eigenvalue weighted by Crippen LogP contribution is 2.32. The summed E-state index contributed by atoms with van der Waals surface area (Å²) in [6.07, 6.45) is 2.36.